The molecule has 2 heterocycles. The molecule has 100 valence electrons. The van der Waals surface area contributed by atoms with Crippen molar-refractivity contribution in [3.05, 3.63) is 18.0 Å². The molecule has 1 atom stereocenters. The van der Waals surface area contributed by atoms with Gasteiger partial charge in [-0.3, -0.25) is 9.48 Å². The van der Waals surface area contributed by atoms with E-state index in [1.807, 2.05) is 18.0 Å². The van der Waals surface area contributed by atoms with Gasteiger partial charge in [-0.1, -0.05) is 6.92 Å². The highest BCUT2D eigenvalue weighted by molar-refractivity contribution is 5.94. The maximum absolute atomic E-state index is 12.5. The van der Waals surface area contributed by atoms with Crippen LogP contribution >= 0.6 is 0 Å². The SMILES string of the molecule is CCCN(C(=O)c1cnn(CC)c1)C1CCNC1. The van der Waals surface area contributed by atoms with E-state index < -0.39 is 0 Å². The van der Waals surface area contributed by atoms with Crippen LogP contribution in [-0.2, 0) is 6.54 Å². The summed E-state index contributed by atoms with van der Waals surface area (Å²) in [4.78, 5) is 14.5. The van der Waals surface area contributed by atoms with Gasteiger partial charge in [-0.15, -0.1) is 0 Å². The van der Waals surface area contributed by atoms with Crippen molar-refractivity contribution in [1.82, 2.24) is 20.0 Å². The largest absolute Gasteiger partial charge is 0.334 e. The number of hydrogen-bond acceptors (Lipinski definition) is 3. The van der Waals surface area contributed by atoms with Crippen LogP contribution in [0.4, 0.5) is 0 Å². The van der Waals surface area contributed by atoms with Crippen LogP contribution in [0.1, 0.15) is 37.0 Å². The van der Waals surface area contributed by atoms with Crippen LogP contribution in [0.3, 0.4) is 0 Å². The first-order valence-electron chi connectivity index (χ1n) is 6.80. The number of rotatable bonds is 5. The van der Waals surface area contributed by atoms with E-state index in [1.165, 1.54) is 0 Å². The standard InChI is InChI=1S/C13H22N4O/c1-3-7-17(12-5-6-14-9-12)13(18)11-8-15-16(4-2)10-11/h8,10,12,14H,3-7,9H2,1-2H3. The highest BCUT2D eigenvalue weighted by atomic mass is 16.2. The van der Waals surface area contributed by atoms with E-state index in [9.17, 15) is 4.79 Å². The maximum Gasteiger partial charge on any atom is 0.257 e. The molecule has 1 aromatic rings. The molecule has 0 saturated carbocycles. The Morgan fingerprint density at radius 2 is 2.44 bits per heavy atom. The molecule has 0 aliphatic carbocycles. The van der Waals surface area contributed by atoms with Crippen LogP contribution in [0.5, 0.6) is 0 Å². The van der Waals surface area contributed by atoms with E-state index in [0.717, 1.165) is 39.0 Å². The van der Waals surface area contributed by atoms with Gasteiger partial charge in [0.15, 0.2) is 0 Å². The molecular formula is C13H22N4O. The number of amides is 1. The highest BCUT2D eigenvalue weighted by Crippen LogP contribution is 2.13. The summed E-state index contributed by atoms with van der Waals surface area (Å²) in [5.74, 6) is 0.116. The minimum absolute atomic E-state index is 0.116. The average molecular weight is 250 g/mol. The number of carbonyl (C=O) groups excluding carboxylic acids is 1. The zero-order chi connectivity index (χ0) is 13.0. The van der Waals surface area contributed by atoms with Gasteiger partial charge in [-0.05, 0) is 26.3 Å². The normalized spacial score (nSPS) is 19.1. The molecule has 0 aromatic carbocycles. The fourth-order valence-corrected chi connectivity index (χ4v) is 2.41. The number of aryl methyl sites for hydroxylation is 1. The lowest BCUT2D eigenvalue weighted by atomic mass is 10.2. The van der Waals surface area contributed by atoms with Gasteiger partial charge in [0, 0.05) is 31.9 Å². The fourth-order valence-electron chi connectivity index (χ4n) is 2.41. The summed E-state index contributed by atoms with van der Waals surface area (Å²) in [5.41, 5.74) is 0.706. The number of nitrogens with one attached hydrogen (secondary N) is 1. The van der Waals surface area contributed by atoms with Gasteiger partial charge in [-0.25, -0.2) is 0 Å². The van der Waals surface area contributed by atoms with Crippen LogP contribution in [0.15, 0.2) is 12.4 Å². The number of aromatic nitrogens is 2. The molecule has 1 N–H and O–H groups in total. The van der Waals surface area contributed by atoms with Crippen molar-refractivity contribution in [3.8, 4) is 0 Å². The van der Waals surface area contributed by atoms with Crippen molar-refractivity contribution >= 4 is 5.91 Å². The molecule has 1 aliphatic heterocycles. The smallest absolute Gasteiger partial charge is 0.257 e. The fraction of sp³-hybridized carbons (Fsp3) is 0.692. The molecule has 1 amide bonds. The second kappa shape index (κ2) is 6.00. The lowest BCUT2D eigenvalue weighted by Gasteiger charge is -2.27. The lowest BCUT2D eigenvalue weighted by molar-refractivity contribution is 0.0692. The lowest BCUT2D eigenvalue weighted by Crippen LogP contribution is -2.42. The van der Waals surface area contributed by atoms with E-state index in [0.29, 0.717) is 11.6 Å². The Balaban J connectivity index is 2.11. The van der Waals surface area contributed by atoms with Crippen molar-refractivity contribution in [2.45, 2.75) is 39.3 Å². The van der Waals surface area contributed by atoms with Gasteiger partial charge in [0.2, 0.25) is 0 Å². The van der Waals surface area contributed by atoms with Crippen LogP contribution in [0, 0.1) is 0 Å². The Bertz CT molecular complexity index is 395. The second-order valence-electron chi connectivity index (χ2n) is 4.73. The minimum atomic E-state index is 0.116. The van der Waals surface area contributed by atoms with Gasteiger partial charge >= 0.3 is 0 Å². The zero-order valence-corrected chi connectivity index (χ0v) is 11.2. The van der Waals surface area contributed by atoms with E-state index in [1.54, 1.807) is 10.9 Å². The van der Waals surface area contributed by atoms with Crippen molar-refractivity contribution < 1.29 is 4.79 Å². The average Bonchev–Trinajstić information content (AvgIpc) is 3.05. The van der Waals surface area contributed by atoms with Crippen LogP contribution < -0.4 is 5.32 Å². The monoisotopic (exact) mass is 250 g/mol. The van der Waals surface area contributed by atoms with Gasteiger partial charge in [0.25, 0.3) is 5.91 Å². The summed E-state index contributed by atoms with van der Waals surface area (Å²) in [5, 5.41) is 7.50. The van der Waals surface area contributed by atoms with E-state index >= 15 is 0 Å². The zero-order valence-electron chi connectivity index (χ0n) is 11.2. The maximum atomic E-state index is 12.5. The summed E-state index contributed by atoms with van der Waals surface area (Å²) in [7, 11) is 0. The molecule has 0 radical (unpaired) electrons. The molecular weight excluding hydrogens is 228 g/mol. The van der Waals surface area contributed by atoms with Gasteiger partial charge in [-0.2, -0.15) is 5.10 Å². The quantitative estimate of drug-likeness (QED) is 0.852. The molecule has 18 heavy (non-hydrogen) atoms. The topological polar surface area (TPSA) is 50.2 Å². The third kappa shape index (κ3) is 2.72. The van der Waals surface area contributed by atoms with E-state index in [-0.39, 0.29) is 5.91 Å². The molecule has 5 heteroatoms. The number of nitrogens with zero attached hydrogens (tertiary/aromatic N) is 3. The Hall–Kier alpha value is -1.36. The van der Waals surface area contributed by atoms with Crippen LogP contribution in [0.2, 0.25) is 0 Å². The van der Waals surface area contributed by atoms with Crippen molar-refractivity contribution in [3.63, 3.8) is 0 Å². The first-order chi connectivity index (χ1) is 8.76. The van der Waals surface area contributed by atoms with Crippen molar-refractivity contribution in [2.24, 2.45) is 0 Å². The predicted octanol–water partition coefficient (Wildman–Crippen LogP) is 1.12. The van der Waals surface area contributed by atoms with E-state index in [4.69, 9.17) is 0 Å². The molecule has 1 aromatic heterocycles. The summed E-state index contributed by atoms with van der Waals surface area (Å²) >= 11 is 0. The molecule has 5 nitrogen and oxygen atoms in total. The third-order valence-corrected chi connectivity index (χ3v) is 3.40. The molecule has 0 spiro atoms. The third-order valence-electron chi connectivity index (χ3n) is 3.40. The Morgan fingerprint density at radius 1 is 1.61 bits per heavy atom. The summed E-state index contributed by atoms with van der Waals surface area (Å²) in [6.45, 7) is 7.67. The first-order valence-corrected chi connectivity index (χ1v) is 6.80. The molecule has 1 unspecified atom stereocenters. The van der Waals surface area contributed by atoms with Crippen LogP contribution in [0.25, 0.3) is 0 Å². The first kappa shape index (κ1) is 13.1. The number of hydrogen-bond donors (Lipinski definition) is 1. The second-order valence-corrected chi connectivity index (χ2v) is 4.73. The molecule has 0 bridgehead atoms. The molecule has 1 fully saturated rings. The van der Waals surface area contributed by atoms with Crippen LogP contribution in [-0.4, -0.2) is 46.3 Å². The van der Waals surface area contributed by atoms with Gasteiger partial charge in [0.1, 0.15) is 0 Å². The minimum Gasteiger partial charge on any atom is -0.334 e. The highest BCUT2D eigenvalue weighted by Gasteiger charge is 2.27. The summed E-state index contributed by atoms with van der Waals surface area (Å²) in [6.07, 6.45) is 5.56. The molecule has 1 aliphatic rings. The molecule has 2 rings (SSSR count). The van der Waals surface area contributed by atoms with Crippen molar-refractivity contribution in [1.29, 1.82) is 0 Å². The van der Waals surface area contributed by atoms with Gasteiger partial charge in [0.05, 0.1) is 11.8 Å². The Morgan fingerprint density at radius 3 is 3.00 bits per heavy atom. The summed E-state index contributed by atoms with van der Waals surface area (Å²) in [6, 6.07) is 0.336. The predicted molar refractivity (Wildman–Crippen MR) is 70.5 cm³/mol. The Kier molecular flexibility index (Phi) is 4.36. The summed E-state index contributed by atoms with van der Waals surface area (Å²) < 4.78 is 1.80. The molecule has 1 saturated heterocycles. The number of carbonyl (C=O) groups is 1. The van der Waals surface area contributed by atoms with E-state index in [2.05, 4.69) is 17.3 Å². The Labute approximate surface area is 108 Å². The van der Waals surface area contributed by atoms with Gasteiger partial charge < -0.3 is 10.2 Å². The van der Waals surface area contributed by atoms with Crippen molar-refractivity contribution in [2.75, 3.05) is 19.6 Å².